The zero-order valence-corrected chi connectivity index (χ0v) is 11.7. The van der Waals surface area contributed by atoms with Gasteiger partial charge in [-0.25, -0.2) is 4.98 Å². The van der Waals surface area contributed by atoms with E-state index in [2.05, 4.69) is 24.0 Å². The molecule has 0 aliphatic heterocycles. The summed E-state index contributed by atoms with van der Waals surface area (Å²) < 4.78 is 11.1. The van der Waals surface area contributed by atoms with Crippen molar-refractivity contribution in [2.24, 2.45) is 0 Å². The van der Waals surface area contributed by atoms with E-state index in [4.69, 9.17) is 9.15 Å². The number of hydrogen-bond donors (Lipinski definition) is 0. The lowest BCUT2D eigenvalue weighted by Gasteiger charge is -2.00. The average Bonchev–Trinajstić information content (AvgIpc) is 2.91. The fraction of sp³-hybridized carbons (Fsp3) is 0.235. The second-order valence-corrected chi connectivity index (χ2v) is 4.80. The number of nitrogens with zero attached hydrogens (tertiary/aromatic N) is 1. The first-order valence-corrected chi connectivity index (χ1v) is 6.84. The van der Waals surface area contributed by atoms with Crippen molar-refractivity contribution >= 4 is 11.1 Å². The fourth-order valence-electron chi connectivity index (χ4n) is 2.30. The van der Waals surface area contributed by atoms with Crippen molar-refractivity contribution in [1.29, 1.82) is 0 Å². The Kier molecular flexibility index (Phi) is 3.42. The van der Waals surface area contributed by atoms with E-state index in [-0.39, 0.29) is 0 Å². The van der Waals surface area contributed by atoms with Crippen LogP contribution in [0.1, 0.15) is 18.9 Å². The molecule has 3 heteroatoms. The Morgan fingerprint density at radius 1 is 1.15 bits per heavy atom. The molecule has 0 aliphatic rings. The van der Waals surface area contributed by atoms with E-state index < -0.39 is 0 Å². The van der Waals surface area contributed by atoms with Crippen LogP contribution in [0.5, 0.6) is 5.75 Å². The Balaban J connectivity index is 2.03. The number of benzene rings is 2. The van der Waals surface area contributed by atoms with Crippen molar-refractivity contribution in [3.8, 4) is 17.2 Å². The van der Waals surface area contributed by atoms with E-state index in [1.165, 1.54) is 5.56 Å². The highest BCUT2D eigenvalue weighted by atomic mass is 16.5. The molecular formula is C17H17NO2. The third kappa shape index (κ3) is 2.39. The van der Waals surface area contributed by atoms with Crippen molar-refractivity contribution in [2.45, 2.75) is 19.8 Å². The van der Waals surface area contributed by atoms with Gasteiger partial charge in [0.25, 0.3) is 0 Å². The summed E-state index contributed by atoms with van der Waals surface area (Å²) in [5.41, 5.74) is 3.96. The van der Waals surface area contributed by atoms with Crippen LogP contribution in [0.2, 0.25) is 0 Å². The average molecular weight is 267 g/mol. The van der Waals surface area contributed by atoms with Gasteiger partial charge in [0.15, 0.2) is 5.58 Å². The molecule has 0 saturated heterocycles. The lowest BCUT2D eigenvalue weighted by molar-refractivity contribution is 0.415. The lowest BCUT2D eigenvalue weighted by atomic mass is 10.1. The second-order valence-electron chi connectivity index (χ2n) is 4.80. The zero-order chi connectivity index (χ0) is 13.9. The molecule has 0 radical (unpaired) electrons. The molecule has 3 aromatic rings. The van der Waals surface area contributed by atoms with Gasteiger partial charge in [0.1, 0.15) is 11.3 Å². The molecule has 1 heterocycles. The summed E-state index contributed by atoms with van der Waals surface area (Å²) in [7, 11) is 1.65. The monoisotopic (exact) mass is 267 g/mol. The van der Waals surface area contributed by atoms with Gasteiger partial charge < -0.3 is 9.15 Å². The van der Waals surface area contributed by atoms with Crippen LogP contribution in [0.3, 0.4) is 0 Å². The van der Waals surface area contributed by atoms with E-state index in [0.29, 0.717) is 5.89 Å². The highest BCUT2D eigenvalue weighted by molar-refractivity contribution is 5.77. The standard InChI is InChI=1S/C17H17NO2/c1-3-5-12-8-9-16-15(10-12)18-17(20-16)13-6-4-7-14(11-13)19-2/h4,6-11H,3,5H2,1-2H3. The van der Waals surface area contributed by atoms with Gasteiger partial charge in [0.05, 0.1) is 7.11 Å². The number of rotatable bonds is 4. The maximum Gasteiger partial charge on any atom is 0.227 e. The molecule has 0 unspecified atom stereocenters. The summed E-state index contributed by atoms with van der Waals surface area (Å²) in [5, 5.41) is 0. The molecule has 102 valence electrons. The third-order valence-electron chi connectivity index (χ3n) is 3.31. The summed E-state index contributed by atoms with van der Waals surface area (Å²) in [4.78, 5) is 4.58. The Labute approximate surface area is 118 Å². The van der Waals surface area contributed by atoms with Crippen LogP contribution >= 0.6 is 0 Å². The lowest BCUT2D eigenvalue weighted by Crippen LogP contribution is -1.83. The van der Waals surface area contributed by atoms with Crippen LogP contribution in [0.15, 0.2) is 46.9 Å². The van der Waals surface area contributed by atoms with E-state index in [1.807, 2.05) is 30.3 Å². The minimum Gasteiger partial charge on any atom is -0.497 e. The quantitative estimate of drug-likeness (QED) is 0.700. The Bertz CT molecular complexity index is 731. The molecule has 20 heavy (non-hydrogen) atoms. The van der Waals surface area contributed by atoms with Gasteiger partial charge in [-0.3, -0.25) is 0 Å². The minimum absolute atomic E-state index is 0.632. The molecular weight excluding hydrogens is 250 g/mol. The van der Waals surface area contributed by atoms with E-state index in [9.17, 15) is 0 Å². The molecule has 3 rings (SSSR count). The third-order valence-corrected chi connectivity index (χ3v) is 3.31. The van der Waals surface area contributed by atoms with Gasteiger partial charge in [-0.15, -0.1) is 0 Å². The van der Waals surface area contributed by atoms with Gasteiger partial charge >= 0.3 is 0 Å². The van der Waals surface area contributed by atoms with Gasteiger partial charge in [-0.2, -0.15) is 0 Å². The SMILES string of the molecule is CCCc1ccc2oc(-c3cccc(OC)c3)nc2c1. The van der Waals surface area contributed by atoms with Crippen LogP contribution in [-0.4, -0.2) is 12.1 Å². The van der Waals surface area contributed by atoms with E-state index in [1.54, 1.807) is 7.11 Å². The Morgan fingerprint density at radius 2 is 2.05 bits per heavy atom. The molecule has 2 aromatic carbocycles. The molecule has 0 spiro atoms. The first-order valence-electron chi connectivity index (χ1n) is 6.84. The first-order chi connectivity index (χ1) is 9.80. The van der Waals surface area contributed by atoms with Crippen molar-refractivity contribution in [2.75, 3.05) is 7.11 Å². The van der Waals surface area contributed by atoms with Crippen molar-refractivity contribution in [1.82, 2.24) is 4.98 Å². The summed E-state index contributed by atoms with van der Waals surface area (Å²) in [6, 6.07) is 13.9. The van der Waals surface area contributed by atoms with Crippen LogP contribution in [0.25, 0.3) is 22.6 Å². The first kappa shape index (κ1) is 12.7. The van der Waals surface area contributed by atoms with Crippen molar-refractivity contribution in [3.05, 3.63) is 48.0 Å². The molecule has 3 nitrogen and oxygen atoms in total. The number of fused-ring (bicyclic) bond motifs is 1. The van der Waals surface area contributed by atoms with Gasteiger partial charge in [-0.1, -0.05) is 25.5 Å². The largest absolute Gasteiger partial charge is 0.497 e. The maximum atomic E-state index is 5.82. The number of ether oxygens (including phenoxy) is 1. The molecule has 0 saturated carbocycles. The number of hydrogen-bond acceptors (Lipinski definition) is 3. The normalized spacial score (nSPS) is 10.9. The highest BCUT2D eigenvalue weighted by Gasteiger charge is 2.09. The molecule has 0 N–H and O–H groups in total. The molecule has 0 atom stereocenters. The smallest absolute Gasteiger partial charge is 0.227 e. The molecule has 0 fully saturated rings. The predicted molar refractivity (Wildman–Crippen MR) is 80.0 cm³/mol. The van der Waals surface area contributed by atoms with Gasteiger partial charge in [-0.05, 0) is 42.3 Å². The van der Waals surface area contributed by atoms with Crippen LogP contribution < -0.4 is 4.74 Å². The van der Waals surface area contributed by atoms with E-state index >= 15 is 0 Å². The zero-order valence-electron chi connectivity index (χ0n) is 11.7. The maximum absolute atomic E-state index is 5.82. The number of aromatic nitrogens is 1. The van der Waals surface area contributed by atoms with Gasteiger partial charge in [0, 0.05) is 5.56 Å². The van der Waals surface area contributed by atoms with Crippen LogP contribution in [0.4, 0.5) is 0 Å². The minimum atomic E-state index is 0.632. The van der Waals surface area contributed by atoms with Crippen molar-refractivity contribution < 1.29 is 9.15 Å². The van der Waals surface area contributed by atoms with E-state index in [0.717, 1.165) is 35.3 Å². The molecule has 0 amide bonds. The van der Waals surface area contributed by atoms with Gasteiger partial charge in [0.2, 0.25) is 5.89 Å². The number of aryl methyl sites for hydroxylation is 1. The molecule has 0 bridgehead atoms. The molecule has 1 aromatic heterocycles. The fourth-order valence-corrected chi connectivity index (χ4v) is 2.30. The summed E-state index contributed by atoms with van der Waals surface area (Å²) in [5.74, 6) is 1.43. The number of methoxy groups -OCH3 is 1. The predicted octanol–water partition coefficient (Wildman–Crippen LogP) is 4.46. The number of oxazole rings is 1. The topological polar surface area (TPSA) is 35.3 Å². The Hall–Kier alpha value is -2.29. The summed E-state index contributed by atoms with van der Waals surface area (Å²) >= 11 is 0. The van der Waals surface area contributed by atoms with Crippen molar-refractivity contribution in [3.63, 3.8) is 0 Å². The summed E-state index contributed by atoms with van der Waals surface area (Å²) in [6.45, 7) is 2.18. The highest BCUT2D eigenvalue weighted by Crippen LogP contribution is 2.27. The summed E-state index contributed by atoms with van der Waals surface area (Å²) in [6.07, 6.45) is 2.20. The second kappa shape index (κ2) is 5.37. The molecule has 0 aliphatic carbocycles. The Morgan fingerprint density at radius 3 is 2.85 bits per heavy atom. The van der Waals surface area contributed by atoms with Crippen LogP contribution in [-0.2, 0) is 6.42 Å². The van der Waals surface area contributed by atoms with Crippen LogP contribution in [0, 0.1) is 0 Å².